The largest absolute Gasteiger partial charge is 0.481 e. The molecule has 0 fully saturated rings. The summed E-state index contributed by atoms with van der Waals surface area (Å²) < 4.78 is 49.7. The Hall–Kier alpha value is -1.71. The summed E-state index contributed by atoms with van der Waals surface area (Å²) in [7, 11) is 0.712. The standard InChI is InChI=1S/C13H19FN2O5S/c1-16(2)13(17)9-21-12-5-4-10(8-11(12)14)22(18,19)15-6-7-20-3/h4-5,8,15H,6-7,9H2,1-3H3. The van der Waals surface area contributed by atoms with E-state index in [1.807, 2.05) is 0 Å². The van der Waals surface area contributed by atoms with Crippen LogP contribution in [-0.4, -0.2) is 60.2 Å². The van der Waals surface area contributed by atoms with E-state index in [0.717, 1.165) is 6.07 Å². The van der Waals surface area contributed by atoms with Crippen molar-refractivity contribution >= 4 is 15.9 Å². The molecule has 0 unspecified atom stereocenters. The molecule has 0 radical (unpaired) electrons. The number of nitrogens with zero attached hydrogens (tertiary/aromatic N) is 1. The average Bonchev–Trinajstić information content (AvgIpc) is 2.45. The monoisotopic (exact) mass is 334 g/mol. The molecular weight excluding hydrogens is 315 g/mol. The molecule has 0 aliphatic heterocycles. The Bertz CT molecular complexity index is 619. The molecule has 124 valence electrons. The van der Waals surface area contributed by atoms with Crippen LogP contribution in [-0.2, 0) is 19.6 Å². The number of amides is 1. The van der Waals surface area contributed by atoms with Crippen LogP contribution in [0.3, 0.4) is 0 Å². The number of methoxy groups -OCH3 is 1. The molecule has 0 heterocycles. The van der Waals surface area contributed by atoms with Gasteiger partial charge in [-0.1, -0.05) is 0 Å². The van der Waals surface area contributed by atoms with Gasteiger partial charge >= 0.3 is 0 Å². The van der Waals surface area contributed by atoms with Crippen molar-refractivity contribution < 1.29 is 27.1 Å². The molecule has 22 heavy (non-hydrogen) atoms. The summed E-state index contributed by atoms with van der Waals surface area (Å²) in [5, 5.41) is 0. The van der Waals surface area contributed by atoms with Gasteiger partial charge in [-0.15, -0.1) is 0 Å². The normalized spacial score (nSPS) is 11.3. The number of rotatable bonds is 8. The first-order valence-electron chi connectivity index (χ1n) is 6.39. The van der Waals surface area contributed by atoms with E-state index in [-0.39, 0.29) is 36.3 Å². The first kappa shape index (κ1) is 18.3. The van der Waals surface area contributed by atoms with Crippen molar-refractivity contribution in [3.05, 3.63) is 24.0 Å². The highest BCUT2D eigenvalue weighted by atomic mass is 32.2. The van der Waals surface area contributed by atoms with Crippen LogP contribution in [0.25, 0.3) is 0 Å². The zero-order valence-corrected chi connectivity index (χ0v) is 13.4. The summed E-state index contributed by atoms with van der Waals surface area (Å²) in [5.74, 6) is -1.38. The molecule has 1 rings (SSSR count). The first-order chi connectivity index (χ1) is 10.3. The van der Waals surface area contributed by atoms with Gasteiger partial charge in [0.15, 0.2) is 18.2 Å². The van der Waals surface area contributed by atoms with Crippen LogP contribution in [0.2, 0.25) is 0 Å². The third-order valence-electron chi connectivity index (χ3n) is 2.66. The SMILES string of the molecule is COCCNS(=O)(=O)c1ccc(OCC(=O)N(C)C)c(F)c1. The Morgan fingerprint density at radius 1 is 1.36 bits per heavy atom. The van der Waals surface area contributed by atoms with E-state index >= 15 is 0 Å². The van der Waals surface area contributed by atoms with E-state index in [1.54, 1.807) is 14.1 Å². The van der Waals surface area contributed by atoms with Gasteiger partial charge < -0.3 is 14.4 Å². The Morgan fingerprint density at radius 3 is 2.59 bits per heavy atom. The predicted octanol–water partition coefficient (Wildman–Crippen LogP) is 0.217. The van der Waals surface area contributed by atoms with Gasteiger partial charge in [0.1, 0.15) is 0 Å². The molecule has 0 atom stereocenters. The van der Waals surface area contributed by atoms with Gasteiger partial charge in [-0.05, 0) is 18.2 Å². The minimum atomic E-state index is -3.82. The Kier molecular flexibility index (Phi) is 6.72. The quantitative estimate of drug-likeness (QED) is 0.687. The lowest BCUT2D eigenvalue weighted by molar-refractivity contribution is -0.130. The molecule has 7 nitrogen and oxygen atoms in total. The minimum absolute atomic E-state index is 0.0794. The van der Waals surface area contributed by atoms with Gasteiger partial charge in [0.05, 0.1) is 11.5 Å². The number of hydrogen-bond donors (Lipinski definition) is 1. The van der Waals surface area contributed by atoms with Crippen molar-refractivity contribution in [3.8, 4) is 5.75 Å². The lowest BCUT2D eigenvalue weighted by Crippen LogP contribution is -2.28. The maximum atomic E-state index is 13.9. The second-order valence-electron chi connectivity index (χ2n) is 4.56. The van der Waals surface area contributed by atoms with Crippen molar-refractivity contribution in [2.75, 3.05) is 41.0 Å². The van der Waals surface area contributed by atoms with E-state index in [1.165, 1.54) is 24.1 Å². The number of benzene rings is 1. The summed E-state index contributed by atoms with van der Waals surface area (Å²) in [4.78, 5) is 12.4. The molecule has 1 amide bonds. The summed E-state index contributed by atoms with van der Waals surface area (Å²) in [6.07, 6.45) is 0. The second kappa shape index (κ2) is 8.06. The predicted molar refractivity (Wildman–Crippen MR) is 77.7 cm³/mol. The Balaban J connectivity index is 2.78. The smallest absolute Gasteiger partial charge is 0.259 e. The van der Waals surface area contributed by atoms with Gasteiger partial charge in [-0.3, -0.25) is 4.79 Å². The number of carbonyl (C=O) groups is 1. The van der Waals surface area contributed by atoms with Crippen molar-refractivity contribution in [2.45, 2.75) is 4.90 Å². The molecule has 0 bridgehead atoms. The second-order valence-corrected chi connectivity index (χ2v) is 6.33. The molecule has 9 heteroatoms. The molecule has 1 aromatic carbocycles. The molecule has 0 aliphatic rings. The van der Waals surface area contributed by atoms with Crippen molar-refractivity contribution in [2.24, 2.45) is 0 Å². The van der Waals surface area contributed by atoms with Gasteiger partial charge in [0.2, 0.25) is 10.0 Å². The number of likely N-dealkylation sites (N-methyl/N-ethyl adjacent to an activating group) is 1. The van der Waals surface area contributed by atoms with E-state index in [4.69, 9.17) is 9.47 Å². The van der Waals surface area contributed by atoms with Crippen LogP contribution in [0.5, 0.6) is 5.75 Å². The fourth-order valence-electron chi connectivity index (χ4n) is 1.40. The van der Waals surface area contributed by atoms with Gasteiger partial charge in [0.25, 0.3) is 5.91 Å². The van der Waals surface area contributed by atoms with E-state index in [2.05, 4.69) is 4.72 Å². The highest BCUT2D eigenvalue weighted by Crippen LogP contribution is 2.21. The summed E-state index contributed by atoms with van der Waals surface area (Å²) in [6.45, 7) is -0.0479. The Morgan fingerprint density at radius 2 is 2.05 bits per heavy atom. The zero-order chi connectivity index (χ0) is 16.8. The molecule has 1 aromatic rings. The number of hydrogen-bond acceptors (Lipinski definition) is 5. The van der Waals surface area contributed by atoms with Crippen molar-refractivity contribution in [3.63, 3.8) is 0 Å². The highest BCUT2D eigenvalue weighted by molar-refractivity contribution is 7.89. The number of ether oxygens (including phenoxy) is 2. The summed E-state index contributed by atoms with van der Waals surface area (Å²) in [5.41, 5.74) is 0. The van der Waals surface area contributed by atoms with Crippen LogP contribution in [0, 0.1) is 5.82 Å². The van der Waals surface area contributed by atoms with Gasteiger partial charge in [-0.2, -0.15) is 0 Å². The van der Waals surface area contributed by atoms with E-state index < -0.39 is 15.8 Å². The van der Waals surface area contributed by atoms with Crippen LogP contribution in [0.1, 0.15) is 0 Å². The van der Waals surface area contributed by atoms with Gasteiger partial charge in [0, 0.05) is 27.7 Å². The van der Waals surface area contributed by atoms with E-state index in [0.29, 0.717) is 0 Å². The zero-order valence-electron chi connectivity index (χ0n) is 12.6. The fourth-order valence-corrected chi connectivity index (χ4v) is 2.42. The highest BCUT2D eigenvalue weighted by Gasteiger charge is 2.17. The molecule has 0 aliphatic carbocycles. The van der Waals surface area contributed by atoms with Gasteiger partial charge in [-0.25, -0.2) is 17.5 Å². The Labute approximate surface area is 129 Å². The average molecular weight is 334 g/mol. The molecule has 1 N–H and O–H groups in total. The number of sulfonamides is 1. The van der Waals surface area contributed by atoms with Crippen molar-refractivity contribution in [1.82, 2.24) is 9.62 Å². The number of carbonyl (C=O) groups excluding carboxylic acids is 1. The van der Waals surface area contributed by atoms with Crippen LogP contribution in [0.4, 0.5) is 4.39 Å². The minimum Gasteiger partial charge on any atom is -0.481 e. The maximum Gasteiger partial charge on any atom is 0.259 e. The third kappa shape index (κ3) is 5.24. The fraction of sp³-hybridized carbons (Fsp3) is 0.462. The molecule has 0 spiro atoms. The molecule has 0 aromatic heterocycles. The van der Waals surface area contributed by atoms with Crippen LogP contribution in [0.15, 0.2) is 23.1 Å². The maximum absolute atomic E-state index is 13.9. The van der Waals surface area contributed by atoms with Crippen LogP contribution >= 0.6 is 0 Å². The number of nitrogens with one attached hydrogen (secondary N) is 1. The van der Waals surface area contributed by atoms with E-state index in [9.17, 15) is 17.6 Å². The number of halogens is 1. The third-order valence-corrected chi connectivity index (χ3v) is 4.12. The molecular formula is C13H19FN2O5S. The van der Waals surface area contributed by atoms with Crippen molar-refractivity contribution in [1.29, 1.82) is 0 Å². The molecule has 0 saturated heterocycles. The first-order valence-corrected chi connectivity index (χ1v) is 7.87. The lowest BCUT2D eigenvalue weighted by atomic mass is 10.3. The summed E-state index contributed by atoms with van der Waals surface area (Å²) >= 11 is 0. The lowest BCUT2D eigenvalue weighted by Gasteiger charge is -2.12. The summed E-state index contributed by atoms with van der Waals surface area (Å²) in [6, 6.07) is 3.21. The van der Waals surface area contributed by atoms with Crippen LogP contribution < -0.4 is 9.46 Å². The topological polar surface area (TPSA) is 84.9 Å². The molecule has 0 saturated carbocycles.